The summed E-state index contributed by atoms with van der Waals surface area (Å²) >= 11 is 0. The summed E-state index contributed by atoms with van der Waals surface area (Å²) < 4.78 is 0. The molecule has 1 rings (SSSR count). The van der Waals surface area contributed by atoms with Gasteiger partial charge in [0.15, 0.2) is 13.5 Å². The molecule has 1 aromatic rings. The molecule has 66 valence electrons. The lowest BCUT2D eigenvalue weighted by Crippen LogP contribution is -2.47. The van der Waals surface area contributed by atoms with Gasteiger partial charge in [-0.1, -0.05) is 37.4 Å². The van der Waals surface area contributed by atoms with Gasteiger partial charge in [0.25, 0.3) is 0 Å². The highest BCUT2D eigenvalue weighted by molar-refractivity contribution is 6.96. The van der Waals surface area contributed by atoms with Crippen molar-refractivity contribution in [1.29, 1.82) is 0 Å². The van der Waals surface area contributed by atoms with Crippen LogP contribution in [0.3, 0.4) is 0 Å². The van der Waals surface area contributed by atoms with Crippen LogP contribution in [0.4, 0.5) is 0 Å². The van der Waals surface area contributed by atoms with E-state index >= 15 is 0 Å². The van der Waals surface area contributed by atoms with Crippen LogP contribution in [0.5, 0.6) is 0 Å². The quantitative estimate of drug-likeness (QED) is 0.477. The van der Waals surface area contributed by atoms with Crippen molar-refractivity contribution >= 4 is 13.3 Å². The van der Waals surface area contributed by atoms with Crippen LogP contribution < -0.4 is 10.6 Å². The molecule has 0 aromatic heterocycles. The van der Waals surface area contributed by atoms with Gasteiger partial charge in [0.1, 0.15) is 0 Å². The van der Waals surface area contributed by atoms with Gasteiger partial charge < -0.3 is 0 Å². The second-order valence-electron chi connectivity index (χ2n) is 3.46. The van der Waals surface area contributed by atoms with Crippen LogP contribution in [0.15, 0.2) is 35.1 Å². The summed E-state index contributed by atoms with van der Waals surface area (Å²) in [4.78, 5) is 11.6. The Morgan fingerprint density at radius 2 is 1.85 bits per heavy atom. The lowest BCUT2D eigenvalue weighted by atomic mass is 10.5. The molecule has 0 aliphatic rings. The molecule has 0 unspecified atom stereocenters. The van der Waals surface area contributed by atoms with Crippen molar-refractivity contribution in [1.82, 2.24) is 0 Å². The Bertz CT molecular complexity index is 401. The third kappa shape index (κ3) is 2.07. The van der Waals surface area contributed by atoms with Crippen LogP contribution in [0, 0.1) is 12.0 Å². The largest absolute Gasteiger partial charge is 0.290 e. The van der Waals surface area contributed by atoms with E-state index in [1.807, 2.05) is 31.3 Å². The first-order valence-electron chi connectivity index (χ1n) is 4.15. The van der Waals surface area contributed by atoms with Gasteiger partial charge in [-0.3, -0.25) is 4.79 Å². The van der Waals surface area contributed by atoms with Gasteiger partial charge in [-0.25, -0.2) is 0 Å². The topological polar surface area (TPSA) is 17.1 Å². The normalized spacial score (nSPS) is 10.5. The Morgan fingerprint density at radius 3 is 2.46 bits per heavy atom. The second kappa shape index (κ2) is 3.59. The van der Waals surface area contributed by atoms with Gasteiger partial charge in [0, 0.05) is 5.19 Å². The number of hydrogen-bond donors (Lipinski definition) is 0. The highest BCUT2D eigenvalue weighted by atomic mass is 28.3. The molecule has 0 radical (unpaired) electrons. The van der Waals surface area contributed by atoms with Crippen molar-refractivity contribution in [2.45, 2.75) is 13.1 Å². The molecule has 0 spiro atoms. The molecule has 2 heteroatoms. The maximum Gasteiger partial charge on any atom is 0.178 e. The average molecular weight is 188 g/mol. The van der Waals surface area contributed by atoms with E-state index in [0.29, 0.717) is 0 Å². The van der Waals surface area contributed by atoms with Crippen LogP contribution in [0.25, 0.3) is 0 Å². The average Bonchev–Trinajstić information content (AvgIpc) is 2.30. The summed E-state index contributed by atoms with van der Waals surface area (Å²) in [5.41, 5.74) is 2.81. The lowest BCUT2D eigenvalue weighted by Gasteiger charge is -2.11. The third-order valence-electron chi connectivity index (χ3n) is 2.03. The Hall–Kier alpha value is -1.33. The minimum absolute atomic E-state index is 0.0552. The lowest BCUT2D eigenvalue weighted by molar-refractivity contribution is 1.69. The zero-order valence-electron chi connectivity index (χ0n) is 7.87. The van der Waals surface area contributed by atoms with Gasteiger partial charge in [0.05, 0.1) is 0 Å². The molecule has 0 amide bonds. The summed E-state index contributed by atoms with van der Waals surface area (Å²) in [6.07, 6.45) is 5.42. The molecular formula is C11H12OSi. The highest BCUT2D eigenvalue weighted by Gasteiger charge is 2.22. The van der Waals surface area contributed by atoms with Gasteiger partial charge in [-0.15, -0.1) is 12.0 Å². The van der Waals surface area contributed by atoms with E-state index in [4.69, 9.17) is 6.42 Å². The van der Waals surface area contributed by atoms with Crippen molar-refractivity contribution in [3.8, 4) is 12.0 Å². The zero-order valence-corrected chi connectivity index (χ0v) is 8.87. The number of terminal acetylenes is 1. The first-order chi connectivity index (χ1) is 6.08. The van der Waals surface area contributed by atoms with Gasteiger partial charge in [-0.2, -0.15) is 0 Å². The van der Waals surface area contributed by atoms with E-state index in [0.717, 1.165) is 5.19 Å². The molecule has 0 aliphatic carbocycles. The molecule has 0 fully saturated rings. The van der Waals surface area contributed by atoms with E-state index in [1.165, 1.54) is 0 Å². The standard InChI is InChI=1S/C11H12OSi/c1-4-13(2,3)11-9-7-5-6-8-10(11)12/h1,5-9H,2-3H3. The second-order valence-corrected chi connectivity index (χ2v) is 7.54. The van der Waals surface area contributed by atoms with Crippen LogP contribution in [0.2, 0.25) is 13.1 Å². The maximum atomic E-state index is 11.6. The fourth-order valence-electron chi connectivity index (χ4n) is 1.12. The van der Waals surface area contributed by atoms with Crippen molar-refractivity contribution in [2.75, 3.05) is 0 Å². The van der Waals surface area contributed by atoms with Crippen molar-refractivity contribution in [3.05, 3.63) is 40.6 Å². The van der Waals surface area contributed by atoms with Crippen molar-refractivity contribution in [2.24, 2.45) is 0 Å². The minimum Gasteiger partial charge on any atom is -0.290 e. The number of rotatable bonds is 1. The predicted octanol–water partition coefficient (Wildman–Crippen LogP) is 1.13. The maximum absolute atomic E-state index is 11.6. The predicted molar refractivity (Wildman–Crippen MR) is 58.7 cm³/mol. The fraction of sp³-hybridized carbons (Fsp3) is 0.182. The summed E-state index contributed by atoms with van der Waals surface area (Å²) in [6.45, 7) is 4.01. The van der Waals surface area contributed by atoms with Gasteiger partial charge >= 0.3 is 0 Å². The third-order valence-corrected chi connectivity index (χ3v) is 4.51. The first kappa shape index (κ1) is 9.75. The van der Waals surface area contributed by atoms with Gasteiger partial charge in [0.2, 0.25) is 0 Å². The van der Waals surface area contributed by atoms with Crippen molar-refractivity contribution in [3.63, 3.8) is 0 Å². The fourth-order valence-corrected chi connectivity index (χ4v) is 2.49. The summed E-state index contributed by atoms with van der Waals surface area (Å²) in [5, 5.41) is 0.806. The van der Waals surface area contributed by atoms with Crippen LogP contribution in [-0.4, -0.2) is 8.07 Å². The highest BCUT2D eigenvalue weighted by Crippen LogP contribution is 1.96. The SMILES string of the molecule is C#C[Si](C)(C)c1cccccc1=O. The van der Waals surface area contributed by atoms with Crippen molar-refractivity contribution < 1.29 is 0 Å². The minimum atomic E-state index is -1.93. The molecule has 0 saturated carbocycles. The van der Waals surface area contributed by atoms with E-state index in [2.05, 4.69) is 5.54 Å². The first-order valence-corrected chi connectivity index (χ1v) is 7.15. The molecule has 0 saturated heterocycles. The molecule has 13 heavy (non-hydrogen) atoms. The van der Waals surface area contributed by atoms with Gasteiger partial charge in [-0.05, 0) is 6.07 Å². The van der Waals surface area contributed by atoms with E-state index in [-0.39, 0.29) is 5.43 Å². The Morgan fingerprint density at radius 1 is 1.23 bits per heavy atom. The zero-order chi connectivity index (χ0) is 9.90. The van der Waals surface area contributed by atoms with E-state index in [9.17, 15) is 4.79 Å². The molecule has 0 N–H and O–H groups in total. The molecule has 0 aliphatic heterocycles. The van der Waals surface area contributed by atoms with Crippen LogP contribution >= 0.6 is 0 Å². The Balaban J connectivity index is 3.43. The van der Waals surface area contributed by atoms with Crippen LogP contribution in [-0.2, 0) is 0 Å². The molecule has 0 bridgehead atoms. The van der Waals surface area contributed by atoms with Crippen LogP contribution in [0.1, 0.15) is 0 Å². The molecule has 0 atom stereocenters. The smallest absolute Gasteiger partial charge is 0.178 e. The molecule has 0 heterocycles. The monoisotopic (exact) mass is 188 g/mol. The Kier molecular flexibility index (Phi) is 2.69. The molecule has 1 aromatic carbocycles. The summed E-state index contributed by atoms with van der Waals surface area (Å²) in [7, 11) is -1.93. The van der Waals surface area contributed by atoms with E-state index in [1.54, 1.807) is 12.1 Å². The number of hydrogen-bond acceptors (Lipinski definition) is 1. The van der Waals surface area contributed by atoms with E-state index < -0.39 is 8.07 Å². The Labute approximate surface area is 79.4 Å². The molecule has 1 nitrogen and oxygen atoms in total. The summed E-state index contributed by atoms with van der Waals surface area (Å²) in [5.74, 6) is 0. The summed E-state index contributed by atoms with van der Waals surface area (Å²) in [6, 6.07) is 8.86. The molecular weight excluding hydrogens is 176 g/mol.